The Morgan fingerprint density at radius 3 is 1.36 bits per heavy atom. The maximum absolute atomic E-state index is 2.48. The van der Waals surface area contributed by atoms with Crippen LogP contribution in [0.3, 0.4) is 0 Å². The van der Waals surface area contributed by atoms with Crippen LogP contribution < -0.4 is 0 Å². The van der Waals surface area contributed by atoms with Crippen LogP contribution in [0.4, 0.5) is 0 Å². The lowest BCUT2D eigenvalue weighted by molar-refractivity contribution is 0.230. The second kappa shape index (κ2) is 10.0. The number of hydrogen-bond acceptors (Lipinski definition) is 1. The summed E-state index contributed by atoms with van der Waals surface area (Å²) in [5.41, 5.74) is 4.17. The van der Waals surface area contributed by atoms with Crippen molar-refractivity contribution in [2.24, 2.45) is 0 Å². The van der Waals surface area contributed by atoms with Crippen LogP contribution in [0, 0.1) is 0 Å². The molecule has 0 radical (unpaired) electrons. The highest BCUT2D eigenvalue weighted by Gasteiger charge is 2.16. The molecule has 0 aliphatic carbocycles. The zero-order valence-corrected chi connectivity index (χ0v) is 15.5. The van der Waals surface area contributed by atoms with E-state index in [1.807, 2.05) is 0 Å². The van der Waals surface area contributed by atoms with Crippen LogP contribution in [0.5, 0.6) is 0 Å². The average molecular weight is 352 g/mol. The third-order valence-electron chi connectivity index (χ3n) is 4.53. The molecule has 130 valence electrons. The molecule has 0 saturated carbocycles. The van der Waals surface area contributed by atoms with Crippen LogP contribution in [0.15, 0.2) is 91.0 Å². The lowest BCUT2D eigenvalue weighted by Gasteiger charge is -2.28. The number of rotatable bonds is 7. The van der Waals surface area contributed by atoms with Crippen LogP contribution in [0.2, 0.25) is 0 Å². The second-order valence-corrected chi connectivity index (χ2v) is 6.43. The van der Waals surface area contributed by atoms with Gasteiger partial charge in [-0.15, -0.1) is 12.4 Å². The number of nitrogens with zero attached hydrogens (tertiary/aromatic N) is 1. The van der Waals surface area contributed by atoms with Crippen molar-refractivity contribution >= 4 is 12.4 Å². The van der Waals surface area contributed by atoms with Crippen LogP contribution >= 0.6 is 12.4 Å². The second-order valence-electron chi connectivity index (χ2n) is 6.43. The first-order valence-corrected chi connectivity index (χ1v) is 8.63. The largest absolute Gasteiger partial charge is 0.299 e. The van der Waals surface area contributed by atoms with Crippen LogP contribution in [0.1, 0.15) is 16.7 Å². The number of hydrogen-bond donors (Lipinski definition) is 0. The van der Waals surface area contributed by atoms with Crippen LogP contribution in [0.25, 0.3) is 0 Å². The average Bonchev–Trinajstić information content (AvgIpc) is 2.64. The monoisotopic (exact) mass is 351 g/mol. The summed E-state index contributed by atoms with van der Waals surface area (Å²) in [4.78, 5) is 2.48. The van der Waals surface area contributed by atoms with E-state index in [4.69, 9.17) is 0 Å². The minimum Gasteiger partial charge on any atom is -0.299 e. The SMILES string of the molecule is CN(Cc1ccccc1)C(Cc1ccccc1)Cc1ccccc1.Cl. The van der Waals surface area contributed by atoms with E-state index >= 15 is 0 Å². The van der Waals surface area contributed by atoms with Gasteiger partial charge in [0, 0.05) is 12.6 Å². The minimum absolute atomic E-state index is 0. The molecule has 2 heteroatoms. The van der Waals surface area contributed by atoms with Crippen molar-refractivity contribution in [3.05, 3.63) is 108 Å². The lowest BCUT2D eigenvalue weighted by Crippen LogP contribution is -2.35. The molecule has 0 saturated heterocycles. The molecule has 0 unspecified atom stereocenters. The Labute approximate surface area is 157 Å². The molecule has 0 amide bonds. The van der Waals surface area contributed by atoms with Gasteiger partial charge in [-0.1, -0.05) is 91.0 Å². The number of halogens is 1. The van der Waals surface area contributed by atoms with Gasteiger partial charge >= 0.3 is 0 Å². The van der Waals surface area contributed by atoms with Gasteiger partial charge in [0.15, 0.2) is 0 Å². The lowest BCUT2D eigenvalue weighted by atomic mass is 9.97. The molecule has 25 heavy (non-hydrogen) atoms. The molecule has 0 fully saturated rings. The van der Waals surface area contributed by atoms with Crippen molar-refractivity contribution in [3.8, 4) is 0 Å². The molecule has 0 N–H and O–H groups in total. The van der Waals surface area contributed by atoms with Gasteiger partial charge < -0.3 is 0 Å². The normalized spacial score (nSPS) is 10.7. The molecular formula is C23H26ClN. The summed E-state index contributed by atoms with van der Waals surface area (Å²) in [5.74, 6) is 0. The van der Waals surface area contributed by atoms with Gasteiger partial charge in [0.2, 0.25) is 0 Å². The Morgan fingerprint density at radius 2 is 0.960 bits per heavy atom. The Balaban J connectivity index is 0.00000225. The highest BCUT2D eigenvalue weighted by molar-refractivity contribution is 5.85. The summed E-state index contributed by atoms with van der Waals surface area (Å²) >= 11 is 0. The van der Waals surface area contributed by atoms with Crippen LogP contribution in [-0.2, 0) is 19.4 Å². The zero-order chi connectivity index (χ0) is 16.6. The summed E-state index contributed by atoms with van der Waals surface area (Å²) in [6, 6.07) is 32.8. The molecule has 1 nitrogen and oxygen atoms in total. The maximum atomic E-state index is 2.48. The third kappa shape index (κ3) is 6.04. The summed E-state index contributed by atoms with van der Waals surface area (Å²) < 4.78 is 0. The van der Waals surface area contributed by atoms with Crippen molar-refractivity contribution in [2.75, 3.05) is 7.05 Å². The van der Waals surface area contributed by atoms with Crippen molar-refractivity contribution < 1.29 is 0 Å². The quantitative estimate of drug-likeness (QED) is 0.551. The predicted molar refractivity (Wildman–Crippen MR) is 109 cm³/mol. The van der Waals surface area contributed by atoms with E-state index in [9.17, 15) is 0 Å². The van der Waals surface area contributed by atoms with Gasteiger partial charge in [-0.3, -0.25) is 4.90 Å². The first-order valence-electron chi connectivity index (χ1n) is 8.63. The van der Waals surface area contributed by atoms with Crippen molar-refractivity contribution in [3.63, 3.8) is 0 Å². The fourth-order valence-electron chi connectivity index (χ4n) is 3.16. The van der Waals surface area contributed by atoms with E-state index in [0.29, 0.717) is 6.04 Å². The van der Waals surface area contributed by atoms with Gasteiger partial charge in [0.1, 0.15) is 0 Å². The molecule has 0 atom stereocenters. The van der Waals surface area contributed by atoms with E-state index in [0.717, 1.165) is 19.4 Å². The predicted octanol–water partition coefficient (Wildman–Crippen LogP) is 5.39. The first-order chi connectivity index (χ1) is 11.8. The highest BCUT2D eigenvalue weighted by atomic mass is 35.5. The molecule has 3 aromatic rings. The summed E-state index contributed by atoms with van der Waals surface area (Å²) in [6.07, 6.45) is 2.14. The molecule has 3 aromatic carbocycles. The highest BCUT2D eigenvalue weighted by Crippen LogP contribution is 2.16. The van der Waals surface area contributed by atoms with E-state index in [2.05, 4.69) is 103 Å². The third-order valence-corrected chi connectivity index (χ3v) is 4.53. The smallest absolute Gasteiger partial charge is 0.0233 e. The van der Waals surface area contributed by atoms with Gasteiger partial charge in [0.05, 0.1) is 0 Å². The van der Waals surface area contributed by atoms with Gasteiger partial charge in [-0.25, -0.2) is 0 Å². The maximum Gasteiger partial charge on any atom is 0.0233 e. The Bertz CT molecular complexity index is 671. The van der Waals surface area contributed by atoms with Crippen molar-refractivity contribution in [1.82, 2.24) is 4.90 Å². The summed E-state index contributed by atoms with van der Waals surface area (Å²) in [7, 11) is 2.24. The first kappa shape index (κ1) is 19.2. The fourth-order valence-corrected chi connectivity index (χ4v) is 3.16. The van der Waals surface area contributed by atoms with Gasteiger partial charge in [0.25, 0.3) is 0 Å². The number of benzene rings is 3. The van der Waals surface area contributed by atoms with Gasteiger partial charge in [-0.05, 0) is 36.6 Å². The molecule has 3 rings (SSSR count). The molecule has 0 aliphatic heterocycles. The fraction of sp³-hybridized carbons (Fsp3) is 0.217. The molecule has 0 spiro atoms. The Kier molecular flexibility index (Phi) is 7.72. The molecular weight excluding hydrogens is 326 g/mol. The minimum atomic E-state index is 0. The van der Waals surface area contributed by atoms with Crippen molar-refractivity contribution in [1.29, 1.82) is 0 Å². The van der Waals surface area contributed by atoms with E-state index in [1.165, 1.54) is 16.7 Å². The molecule has 0 aromatic heterocycles. The standard InChI is InChI=1S/C23H25N.ClH/c1-24(19-22-15-9-4-10-16-22)23(17-20-11-5-2-6-12-20)18-21-13-7-3-8-14-21;/h2-16,23H,17-19H2,1H3;1H. The molecule has 0 bridgehead atoms. The topological polar surface area (TPSA) is 3.24 Å². The molecule has 0 heterocycles. The van der Waals surface area contributed by atoms with E-state index < -0.39 is 0 Å². The molecule has 0 aliphatic rings. The van der Waals surface area contributed by atoms with Crippen LogP contribution in [-0.4, -0.2) is 18.0 Å². The number of likely N-dealkylation sites (N-methyl/N-ethyl adjacent to an activating group) is 1. The van der Waals surface area contributed by atoms with Gasteiger partial charge in [-0.2, -0.15) is 0 Å². The summed E-state index contributed by atoms with van der Waals surface area (Å²) in [5, 5.41) is 0. The summed E-state index contributed by atoms with van der Waals surface area (Å²) in [6.45, 7) is 0.977. The van der Waals surface area contributed by atoms with E-state index in [-0.39, 0.29) is 12.4 Å². The Morgan fingerprint density at radius 1 is 0.600 bits per heavy atom. The zero-order valence-electron chi connectivity index (χ0n) is 14.7. The Hall–Kier alpha value is -2.09. The van der Waals surface area contributed by atoms with E-state index in [1.54, 1.807) is 0 Å². The van der Waals surface area contributed by atoms with Crippen molar-refractivity contribution in [2.45, 2.75) is 25.4 Å².